The zero-order valence-electron chi connectivity index (χ0n) is 22.2. The fourth-order valence-corrected chi connectivity index (χ4v) is 7.73. The largest absolute Gasteiger partial charge is 0.385 e. The third-order valence-corrected chi connectivity index (χ3v) is 10.1. The fourth-order valence-electron chi connectivity index (χ4n) is 7.73. The molecular weight excluding hydrogens is 419 g/mol. The van der Waals surface area contributed by atoms with Crippen LogP contribution < -0.4 is 0 Å². The molecule has 0 atom stereocenters. The highest BCUT2D eigenvalue weighted by molar-refractivity contribution is 5.30. The highest BCUT2D eigenvalue weighted by Gasteiger charge is 2.32. The number of rotatable bonds is 10. The topological polar surface area (TPSA) is 9.23 Å². The van der Waals surface area contributed by atoms with Crippen LogP contribution in [0.15, 0.2) is 18.2 Å². The Kier molecular flexibility index (Phi) is 10.3. The van der Waals surface area contributed by atoms with Gasteiger partial charge in [0, 0.05) is 13.7 Å². The summed E-state index contributed by atoms with van der Waals surface area (Å²) in [6.45, 7) is 3.21. The Labute approximate surface area is 209 Å². The second-order valence-corrected chi connectivity index (χ2v) is 12.2. The molecule has 192 valence electrons. The lowest BCUT2D eigenvalue weighted by atomic mass is 9.68. The van der Waals surface area contributed by atoms with Crippen molar-refractivity contribution in [2.45, 2.75) is 128 Å². The van der Waals surface area contributed by atoms with E-state index < -0.39 is 0 Å². The smallest absolute Gasteiger partial charge is 0.126 e. The minimum atomic E-state index is 0.0877. The third-order valence-electron chi connectivity index (χ3n) is 10.1. The average molecular weight is 471 g/mol. The lowest BCUT2D eigenvalue weighted by molar-refractivity contribution is 0.128. The Bertz CT molecular complexity index is 706. The predicted octanol–water partition coefficient (Wildman–Crippen LogP) is 9.80. The first-order chi connectivity index (χ1) is 16.7. The van der Waals surface area contributed by atoms with Crippen molar-refractivity contribution < 1.29 is 9.13 Å². The molecule has 1 nitrogen and oxygen atoms in total. The maximum atomic E-state index is 15.3. The first-order valence-corrected chi connectivity index (χ1v) is 15.0. The van der Waals surface area contributed by atoms with Crippen LogP contribution in [0.5, 0.6) is 0 Å². The summed E-state index contributed by atoms with van der Waals surface area (Å²) in [5, 5.41) is 0. The Balaban J connectivity index is 1.22. The minimum Gasteiger partial charge on any atom is -0.385 e. The van der Waals surface area contributed by atoms with Crippen molar-refractivity contribution >= 4 is 0 Å². The van der Waals surface area contributed by atoms with Gasteiger partial charge in [-0.2, -0.15) is 0 Å². The zero-order valence-corrected chi connectivity index (χ0v) is 22.2. The van der Waals surface area contributed by atoms with Gasteiger partial charge in [0.1, 0.15) is 5.82 Å². The van der Waals surface area contributed by atoms with Crippen LogP contribution in [-0.4, -0.2) is 13.7 Å². The van der Waals surface area contributed by atoms with E-state index in [4.69, 9.17) is 4.74 Å². The van der Waals surface area contributed by atoms with Gasteiger partial charge >= 0.3 is 0 Å². The number of halogens is 1. The monoisotopic (exact) mass is 470 g/mol. The van der Waals surface area contributed by atoms with Crippen LogP contribution in [0.25, 0.3) is 0 Å². The van der Waals surface area contributed by atoms with Gasteiger partial charge in [-0.15, -0.1) is 0 Å². The standard InChI is InChI=1S/C32H51FO/c1-3-4-5-6-24-7-13-28(14-8-24)30-19-20-31(32(33)23-30)29-17-15-27(16-18-29)26-11-9-25(10-12-26)21-22-34-2/h19-20,23-29H,3-18,21-22H2,1-2H3. The van der Waals surface area contributed by atoms with Gasteiger partial charge < -0.3 is 4.74 Å². The minimum absolute atomic E-state index is 0.0877. The van der Waals surface area contributed by atoms with Gasteiger partial charge in [0.15, 0.2) is 0 Å². The molecule has 3 fully saturated rings. The lowest BCUT2D eigenvalue weighted by Gasteiger charge is -2.38. The molecule has 4 rings (SSSR count). The van der Waals surface area contributed by atoms with E-state index in [2.05, 4.69) is 19.1 Å². The van der Waals surface area contributed by atoms with E-state index in [1.807, 2.05) is 13.2 Å². The SMILES string of the molecule is CCCCCC1CCC(c2ccc(C3CCC(C4CCC(CCOC)CC4)CC3)c(F)c2)CC1. The van der Waals surface area contributed by atoms with E-state index in [9.17, 15) is 0 Å². The Morgan fingerprint density at radius 3 is 1.94 bits per heavy atom. The van der Waals surface area contributed by atoms with Crippen molar-refractivity contribution in [3.8, 4) is 0 Å². The summed E-state index contributed by atoms with van der Waals surface area (Å²) in [7, 11) is 1.82. The summed E-state index contributed by atoms with van der Waals surface area (Å²) in [5.41, 5.74) is 2.28. The van der Waals surface area contributed by atoms with E-state index in [-0.39, 0.29) is 5.82 Å². The predicted molar refractivity (Wildman–Crippen MR) is 142 cm³/mol. The Hall–Kier alpha value is -0.890. The summed E-state index contributed by atoms with van der Waals surface area (Å²) >= 11 is 0. The van der Waals surface area contributed by atoms with Crippen molar-refractivity contribution in [2.24, 2.45) is 23.7 Å². The molecule has 0 saturated heterocycles. The number of hydrogen-bond donors (Lipinski definition) is 0. The second-order valence-electron chi connectivity index (χ2n) is 12.2. The summed E-state index contributed by atoms with van der Waals surface area (Å²) in [6.07, 6.45) is 22.5. The molecule has 0 N–H and O–H groups in total. The molecule has 0 aliphatic heterocycles. The van der Waals surface area contributed by atoms with E-state index in [1.165, 1.54) is 115 Å². The van der Waals surface area contributed by atoms with Crippen molar-refractivity contribution in [1.82, 2.24) is 0 Å². The zero-order chi connectivity index (χ0) is 23.8. The van der Waals surface area contributed by atoms with Gasteiger partial charge in [-0.3, -0.25) is 0 Å². The molecule has 0 unspecified atom stereocenters. The van der Waals surface area contributed by atoms with Crippen molar-refractivity contribution in [3.63, 3.8) is 0 Å². The fraction of sp³-hybridized carbons (Fsp3) is 0.812. The molecule has 0 heterocycles. The molecule has 0 bridgehead atoms. The molecule has 2 heteroatoms. The van der Waals surface area contributed by atoms with Gasteiger partial charge in [0.05, 0.1) is 0 Å². The van der Waals surface area contributed by atoms with Gasteiger partial charge in [0.25, 0.3) is 0 Å². The highest BCUT2D eigenvalue weighted by Crippen LogP contribution is 2.45. The third kappa shape index (κ3) is 7.08. The summed E-state index contributed by atoms with van der Waals surface area (Å²) in [4.78, 5) is 0. The molecule has 3 saturated carbocycles. The highest BCUT2D eigenvalue weighted by atomic mass is 19.1. The molecule has 3 aliphatic rings. The van der Waals surface area contributed by atoms with E-state index in [1.54, 1.807) is 0 Å². The van der Waals surface area contributed by atoms with Crippen LogP contribution in [0.2, 0.25) is 0 Å². The lowest BCUT2D eigenvalue weighted by Crippen LogP contribution is -2.26. The first kappa shape index (κ1) is 26.2. The molecule has 0 aromatic heterocycles. The molecule has 1 aromatic carbocycles. The maximum absolute atomic E-state index is 15.3. The van der Waals surface area contributed by atoms with Crippen LogP contribution in [0, 0.1) is 29.5 Å². The number of ether oxygens (including phenoxy) is 1. The van der Waals surface area contributed by atoms with Crippen LogP contribution in [0.1, 0.15) is 139 Å². The Morgan fingerprint density at radius 2 is 1.32 bits per heavy atom. The summed E-state index contributed by atoms with van der Waals surface area (Å²) in [6, 6.07) is 6.38. The van der Waals surface area contributed by atoms with Gasteiger partial charge in [-0.05, 0) is 123 Å². The summed E-state index contributed by atoms with van der Waals surface area (Å²) in [5.74, 6) is 4.72. The first-order valence-electron chi connectivity index (χ1n) is 15.0. The number of methoxy groups -OCH3 is 1. The second kappa shape index (κ2) is 13.4. The summed E-state index contributed by atoms with van der Waals surface area (Å²) < 4.78 is 20.5. The molecule has 1 aromatic rings. The molecule has 0 spiro atoms. The number of benzene rings is 1. The number of hydrogen-bond acceptors (Lipinski definition) is 1. The van der Waals surface area contributed by atoms with Gasteiger partial charge in [0.2, 0.25) is 0 Å². The quantitative estimate of drug-likeness (QED) is 0.309. The molecule has 0 radical (unpaired) electrons. The van der Waals surface area contributed by atoms with E-state index >= 15 is 4.39 Å². The van der Waals surface area contributed by atoms with Crippen LogP contribution >= 0.6 is 0 Å². The number of unbranched alkanes of at least 4 members (excludes halogenated alkanes) is 2. The molecule has 0 amide bonds. The maximum Gasteiger partial charge on any atom is 0.126 e. The molecule has 34 heavy (non-hydrogen) atoms. The van der Waals surface area contributed by atoms with Crippen molar-refractivity contribution in [2.75, 3.05) is 13.7 Å². The van der Waals surface area contributed by atoms with Crippen molar-refractivity contribution in [3.05, 3.63) is 35.1 Å². The van der Waals surface area contributed by atoms with Crippen LogP contribution in [0.3, 0.4) is 0 Å². The average Bonchev–Trinajstić information content (AvgIpc) is 2.88. The van der Waals surface area contributed by atoms with Gasteiger partial charge in [-0.1, -0.05) is 57.6 Å². The Morgan fingerprint density at radius 1 is 0.735 bits per heavy atom. The van der Waals surface area contributed by atoms with Gasteiger partial charge in [-0.25, -0.2) is 4.39 Å². The molecular formula is C32H51FO. The van der Waals surface area contributed by atoms with E-state index in [0.717, 1.165) is 35.8 Å². The van der Waals surface area contributed by atoms with Crippen LogP contribution in [-0.2, 0) is 4.74 Å². The molecule has 3 aliphatic carbocycles. The normalized spacial score (nSPS) is 32.6. The van der Waals surface area contributed by atoms with Crippen LogP contribution in [0.4, 0.5) is 4.39 Å². The van der Waals surface area contributed by atoms with Crippen molar-refractivity contribution in [1.29, 1.82) is 0 Å². The van der Waals surface area contributed by atoms with E-state index in [0.29, 0.717) is 11.8 Å².